The lowest BCUT2D eigenvalue weighted by Crippen LogP contribution is -2.28. The number of hydrogen-bond donors (Lipinski definition) is 0. The van der Waals surface area contributed by atoms with E-state index in [1.165, 1.54) is 133 Å². The lowest BCUT2D eigenvalue weighted by atomic mass is 9.69. The minimum absolute atomic E-state index is 0.0296. The average Bonchev–Trinajstić information content (AvgIpc) is 3.44. The normalized spacial score (nSPS) is 11.6. The van der Waals surface area contributed by atoms with Crippen molar-refractivity contribution in [1.82, 2.24) is 0 Å². The third-order valence-electron chi connectivity index (χ3n) is 13.9. The van der Waals surface area contributed by atoms with E-state index in [1.54, 1.807) is 42.7 Å². The maximum Gasteiger partial charge on any atom is 0.226 e. The smallest absolute Gasteiger partial charge is 0.226 e. The van der Waals surface area contributed by atoms with E-state index in [0.29, 0.717) is 17.2 Å². The van der Waals surface area contributed by atoms with E-state index in [0.717, 1.165) is 87.3 Å². The van der Waals surface area contributed by atoms with Crippen LogP contribution in [0.2, 0.25) is 0 Å². The molecule has 14 heteroatoms. The van der Waals surface area contributed by atoms with Crippen LogP contribution in [0.1, 0.15) is 206 Å². The van der Waals surface area contributed by atoms with Crippen LogP contribution in [-0.4, -0.2) is 90.0 Å². The van der Waals surface area contributed by atoms with Crippen LogP contribution in [0.15, 0.2) is 36.4 Å². The molecule has 434 valence electrons. The van der Waals surface area contributed by atoms with Gasteiger partial charge in [-0.15, -0.1) is 0 Å². The van der Waals surface area contributed by atoms with E-state index in [9.17, 15) is 14.4 Å². The number of ether oxygens (including phenoxy) is 9. The van der Waals surface area contributed by atoms with Gasteiger partial charge in [0.25, 0.3) is 0 Å². The molecular formula is C63H98O12S2. The lowest BCUT2D eigenvalue weighted by Gasteiger charge is -2.35. The third-order valence-corrected chi connectivity index (χ3v) is 15.7. The molecule has 0 spiro atoms. The molecule has 0 saturated heterocycles. The number of Topliss-reactive ketones (excluding diaryl/α,β-unsaturated/α-hetero) is 1. The summed E-state index contributed by atoms with van der Waals surface area (Å²) < 4.78 is 54.1. The molecule has 3 aromatic rings. The highest BCUT2D eigenvalue weighted by Gasteiger charge is 2.36. The van der Waals surface area contributed by atoms with Gasteiger partial charge in [-0.25, -0.2) is 0 Å². The van der Waals surface area contributed by atoms with Crippen molar-refractivity contribution in [3.8, 4) is 17.2 Å². The number of thioether (sulfide) groups is 2. The van der Waals surface area contributed by atoms with Crippen LogP contribution in [0.5, 0.6) is 17.2 Å². The molecule has 77 heavy (non-hydrogen) atoms. The first-order chi connectivity index (χ1) is 37.4. The summed E-state index contributed by atoms with van der Waals surface area (Å²) in [4.78, 5) is 39.0. The lowest BCUT2D eigenvalue weighted by molar-refractivity contribution is -0.119. The van der Waals surface area contributed by atoms with Crippen LogP contribution in [0, 0.1) is 0 Å². The van der Waals surface area contributed by atoms with Crippen LogP contribution < -0.4 is 14.2 Å². The predicted molar refractivity (Wildman–Crippen MR) is 315 cm³/mol. The van der Waals surface area contributed by atoms with Crippen molar-refractivity contribution in [2.75, 3.05) is 74.0 Å². The van der Waals surface area contributed by atoms with Gasteiger partial charge < -0.3 is 42.6 Å². The van der Waals surface area contributed by atoms with E-state index < -0.39 is 5.41 Å². The largest absolute Gasteiger partial charge is 0.485 e. The van der Waals surface area contributed by atoms with Crippen molar-refractivity contribution in [3.63, 3.8) is 0 Å². The Morgan fingerprint density at radius 1 is 0.377 bits per heavy atom. The SMILES string of the molecule is CCCCCCCCCCCCSC(=O)COc1c(COC)cc(C(C)(c2cc(COC)c(OCC(C)=O)c(COC)c2)c2cc(COC)c(OCC(=O)SCCCCCCCCCCCC)c(COC)c2)cc1COC. The molecule has 3 aromatic carbocycles. The number of ketones is 1. The Balaban J connectivity index is 2.09. The number of benzene rings is 3. The van der Waals surface area contributed by atoms with E-state index in [1.807, 2.05) is 0 Å². The van der Waals surface area contributed by atoms with Crippen LogP contribution in [-0.2, 0) is 87.9 Å². The molecule has 0 fully saturated rings. The molecule has 0 unspecified atom stereocenters. The fraction of sp³-hybridized carbons (Fsp3) is 0.667. The van der Waals surface area contributed by atoms with Gasteiger partial charge in [-0.3, -0.25) is 14.4 Å². The molecular weight excluding hydrogens is 1010 g/mol. The molecule has 3 rings (SSSR count). The first kappa shape index (κ1) is 67.8. The minimum atomic E-state index is -0.974. The topological polar surface area (TPSA) is 134 Å². The standard InChI is InChI=1S/C63H98O12S2/c1-11-13-15-17-19-21-23-25-27-29-31-76-58(65)46-74-61-51(42-69-7)35-56(36-52(61)43-70-8)63(4,55-33-49(40-67-5)60(73-39-48(3)64)50(34-55)41-68-6)57-37-53(44-71-9)62(54(38-57)45-72-10)75-47-59(66)77-32-30-28-26-24-22-20-18-16-14-12-2/h33-38H,11-32,39-47H2,1-10H3. The summed E-state index contributed by atoms with van der Waals surface area (Å²) in [7, 11) is 9.81. The Bertz CT molecular complexity index is 1960. The van der Waals surface area contributed by atoms with Crippen molar-refractivity contribution in [3.05, 3.63) is 86.5 Å². The second-order valence-corrected chi connectivity index (χ2v) is 22.8. The number of methoxy groups -OCH3 is 6. The molecule has 0 atom stereocenters. The van der Waals surface area contributed by atoms with Crippen LogP contribution in [0.3, 0.4) is 0 Å². The summed E-state index contributed by atoms with van der Waals surface area (Å²) in [6.45, 7) is 8.99. The van der Waals surface area contributed by atoms with E-state index in [4.69, 9.17) is 42.6 Å². The van der Waals surface area contributed by atoms with Crippen molar-refractivity contribution in [2.45, 2.75) is 201 Å². The van der Waals surface area contributed by atoms with Crippen molar-refractivity contribution in [1.29, 1.82) is 0 Å². The van der Waals surface area contributed by atoms with Gasteiger partial charge in [-0.2, -0.15) is 0 Å². The van der Waals surface area contributed by atoms with Gasteiger partial charge >= 0.3 is 0 Å². The average molecular weight is 1110 g/mol. The van der Waals surface area contributed by atoms with Gasteiger partial charge in [0, 0.05) is 93.0 Å². The fourth-order valence-corrected chi connectivity index (χ4v) is 11.3. The Morgan fingerprint density at radius 3 is 0.844 bits per heavy atom. The second-order valence-electron chi connectivity index (χ2n) is 20.5. The second kappa shape index (κ2) is 40.7. The van der Waals surface area contributed by atoms with Gasteiger partial charge in [-0.05, 0) is 79.8 Å². The zero-order valence-electron chi connectivity index (χ0n) is 49.1. The molecule has 0 saturated carbocycles. The van der Waals surface area contributed by atoms with E-state index in [-0.39, 0.29) is 75.5 Å². The summed E-state index contributed by atoms with van der Waals surface area (Å²) in [5.41, 5.74) is 6.07. The summed E-state index contributed by atoms with van der Waals surface area (Å²) in [5.74, 6) is 3.01. The minimum Gasteiger partial charge on any atom is -0.485 e. The molecule has 0 radical (unpaired) electrons. The number of rotatable bonds is 46. The summed E-state index contributed by atoms with van der Waals surface area (Å²) in [5, 5.41) is -0.0592. The monoisotopic (exact) mass is 1110 g/mol. The van der Waals surface area contributed by atoms with Gasteiger partial charge in [0.1, 0.15) is 23.9 Å². The van der Waals surface area contributed by atoms with Crippen LogP contribution in [0.4, 0.5) is 0 Å². The number of hydrogen-bond acceptors (Lipinski definition) is 14. The van der Waals surface area contributed by atoms with E-state index in [2.05, 4.69) is 57.2 Å². The third kappa shape index (κ3) is 24.4. The zero-order valence-corrected chi connectivity index (χ0v) is 50.7. The maximum atomic E-state index is 13.4. The van der Waals surface area contributed by atoms with Gasteiger partial charge in [0.05, 0.1) is 39.6 Å². The first-order valence-corrected chi connectivity index (χ1v) is 30.5. The Hall–Kier alpha value is -3.47. The molecule has 0 heterocycles. The van der Waals surface area contributed by atoms with Crippen molar-refractivity contribution >= 4 is 39.5 Å². The highest BCUT2D eigenvalue weighted by molar-refractivity contribution is 8.13. The highest BCUT2D eigenvalue weighted by Crippen LogP contribution is 2.46. The number of carbonyl (C=O) groups excluding carboxylic acids is 3. The Morgan fingerprint density at radius 2 is 0.610 bits per heavy atom. The summed E-state index contributed by atoms with van der Waals surface area (Å²) in [6.07, 6.45) is 24.9. The van der Waals surface area contributed by atoms with E-state index >= 15 is 0 Å². The number of unbranched alkanes of at least 4 members (excludes halogenated alkanes) is 18. The zero-order chi connectivity index (χ0) is 56.1. The fourth-order valence-electron chi connectivity index (χ4n) is 9.83. The van der Waals surface area contributed by atoms with Crippen molar-refractivity contribution in [2.24, 2.45) is 0 Å². The highest BCUT2D eigenvalue weighted by atomic mass is 32.2. The number of carbonyl (C=O) groups is 3. The molecule has 0 bridgehead atoms. The molecule has 0 amide bonds. The van der Waals surface area contributed by atoms with Gasteiger partial charge in [0.15, 0.2) is 19.0 Å². The quantitative estimate of drug-likeness (QED) is 0.0392. The van der Waals surface area contributed by atoms with Crippen LogP contribution in [0.25, 0.3) is 0 Å². The molecule has 0 aromatic heterocycles. The Labute approximate surface area is 473 Å². The Kier molecular flexibility index (Phi) is 35.8. The molecule has 12 nitrogen and oxygen atoms in total. The summed E-state index contributed by atoms with van der Waals surface area (Å²) in [6, 6.07) is 12.4. The summed E-state index contributed by atoms with van der Waals surface area (Å²) >= 11 is 2.66. The maximum absolute atomic E-state index is 13.4. The molecule has 0 aliphatic carbocycles. The predicted octanol–water partition coefficient (Wildman–Crippen LogP) is 15.0. The van der Waals surface area contributed by atoms with Crippen LogP contribution >= 0.6 is 23.5 Å². The molecule has 0 aliphatic rings. The molecule has 0 aliphatic heterocycles. The van der Waals surface area contributed by atoms with Gasteiger partial charge in [-0.1, -0.05) is 153 Å². The van der Waals surface area contributed by atoms with Gasteiger partial charge in [0.2, 0.25) is 10.2 Å². The molecule has 0 N–H and O–H groups in total. The van der Waals surface area contributed by atoms with Crippen molar-refractivity contribution < 1.29 is 57.0 Å². The first-order valence-electron chi connectivity index (χ1n) is 28.6.